The van der Waals surface area contributed by atoms with Crippen molar-refractivity contribution in [3.05, 3.63) is 16.6 Å². The number of likely N-dealkylation sites (N-methyl/N-ethyl adjacent to an activating group) is 1. The fraction of sp³-hybridized carbons (Fsp3) is 0.786. The molecule has 3 unspecified atom stereocenters. The fourth-order valence-electron chi connectivity index (χ4n) is 3.10. The number of nitrogens with two attached hydrogens (primary N) is 1. The molecule has 102 valence electrons. The van der Waals surface area contributed by atoms with Crippen LogP contribution in [0, 0.1) is 11.8 Å². The quantitative estimate of drug-likeness (QED) is 0.912. The van der Waals surface area contributed by atoms with Crippen molar-refractivity contribution in [1.29, 1.82) is 0 Å². The van der Waals surface area contributed by atoms with Gasteiger partial charge in [-0.15, -0.1) is 11.3 Å². The second kappa shape index (κ2) is 5.68. The Morgan fingerprint density at radius 1 is 1.50 bits per heavy atom. The fourth-order valence-corrected chi connectivity index (χ4v) is 3.65. The molecule has 1 saturated carbocycles. The maximum Gasteiger partial charge on any atom is 0.0795 e. The lowest BCUT2D eigenvalue weighted by molar-refractivity contribution is 0.0343. The summed E-state index contributed by atoms with van der Waals surface area (Å²) in [6.07, 6.45) is 3.72. The molecule has 0 aliphatic heterocycles. The van der Waals surface area contributed by atoms with Crippen molar-refractivity contribution in [2.45, 2.75) is 45.2 Å². The van der Waals surface area contributed by atoms with Gasteiger partial charge in [-0.1, -0.05) is 13.8 Å². The molecule has 0 saturated heterocycles. The molecule has 1 heterocycles. The van der Waals surface area contributed by atoms with E-state index < -0.39 is 0 Å². The average Bonchev–Trinajstić information content (AvgIpc) is 2.85. The Bertz CT molecular complexity index is 365. The average molecular weight is 267 g/mol. The molecule has 1 aliphatic rings. The molecule has 1 aromatic rings. The predicted octanol–water partition coefficient (Wildman–Crippen LogP) is 2.73. The summed E-state index contributed by atoms with van der Waals surface area (Å²) in [7, 11) is 2.20. The molecular formula is C14H25N3S. The summed E-state index contributed by atoms with van der Waals surface area (Å²) in [6, 6.07) is 0. The second-order valence-electron chi connectivity index (χ2n) is 5.96. The number of rotatable bonds is 4. The van der Waals surface area contributed by atoms with Gasteiger partial charge in [0.15, 0.2) is 0 Å². The summed E-state index contributed by atoms with van der Waals surface area (Å²) in [5, 5.41) is 2.13. The van der Waals surface area contributed by atoms with E-state index in [-0.39, 0.29) is 5.54 Å². The summed E-state index contributed by atoms with van der Waals surface area (Å²) in [5.74, 6) is 1.59. The van der Waals surface area contributed by atoms with E-state index in [0.29, 0.717) is 0 Å². The first-order chi connectivity index (χ1) is 8.57. The van der Waals surface area contributed by atoms with Crippen LogP contribution in [0.2, 0.25) is 0 Å². The van der Waals surface area contributed by atoms with Crippen LogP contribution >= 0.6 is 11.3 Å². The van der Waals surface area contributed by atoms with Crippen LogP contribution in [-0.2, 0) is 6.54 Å². The summed E-state index contributed by atoms with van der Waals surface area (Å²) < 4.78 is 0. The van der Waals surface area contributed by atoms with Crippen LogP contribution in [-0.4, -0.2) is 29.0 Å². The molecule has 1 aromatic heterocycles. The van der Waals surface area contributed by atoms with Crippen molar-refractivity contribution in [1.82, 2.24) is 9.88 Å². The summed E-state index contributed by atoms with van der Waals surface area (Å²) >= 11 is 1.67. The lowest BCUT2D eigenvalue weighted by Crippen LogP contribution is -2.55. The largest absolute Gasteiger partial charge is 0.329 e. The van der Waals surface area contributed by atoms with Gasteiger partial charge in [-0.2, -0.15) is 0 Å². The monoisotopic (exact) mass is 267 g/mol. The van der Waals surface area contributed by atoms with Crippen LogP contribution in [0.1, 0.15) is 38.8 Å². The Morgan fingerprint density at radius 2 is 2.28 bits per heavy atom. The summed E-state index contributed by atoms with van der Waals surface area (Å²) in [6.45, 7) is 6.41. The first-order valence-corrected chi connectivity index (χ1v) is 7.80. The van der Waals surface area contributed by atoms with Gasteiger partial charge >= 0.3 is 0 Å². The zero-order valence-electron chi connectivity index (χ0n) is 11.7. The minimum absolute atomic E-state index is 0.176. The minimum Gasteiger partial charge on any atom is -0.329 e. The van der Waals surface area contributed by atoms with Crippen molar-refractivity contribution < 1.29 is 0 Å². The molecule has 4 heteroatoms. The van der Waals surface area contributed by atoms with Gasteiger partial charge in [-0.25, -0.2) is 4.98 Å². The molecule has 3 nitrogen and oxygen atoms in total. The Balaban J connectivity index is 2.07. The highest BCUT2D eigenvalue weighted by molar-refractivity contribution is 7.07. The topological polar surface area (TPSA) is 42.1 Å². The Labute approximate surface area is 114 Å². The molecule has 1 aliphatic carbocycles. The van der Waals surface area contributed by atoms with Crippen LogP contribution in [0.3, 0.4) is 0 Å². The molecule has 3 atom stereocenters. The van der Waals surface area contributed by atoms with Gasteiger partial charge in [0.1, 0.15) is 0 Å². The van der Waals surface area contributed by atoms with Crippen molar-refractivity contribution in [3.63, 3.8) is 0 Å². The van der Waals surface area contributed by atoms with Gasteiger partial charge in [-0.3, -0.25) is 4.90 Å². The van der Waals surface area contributed by atoms with E-state index in [4.69, 9.17) is 5.73 Å². The van der Waals surface area contributed by atoms with E-state index in [1.807, 2.05) is 5.51 Å². The van der Waals surface area contributed by atoms with Crippen molar-refractivity contribution in [2.24, 2.45) is 17.6 Å². The molecule has 2 rings (SSSR count). The van der Waals surface area contributed by atoms with Crippen LogP contribution in [0.5, 0.6) is 0 Å². The van der Waals surface area contributed by atoms with Gasteiger partial charge in [0.25, 0.3) is 0 Å². The number of hydrogen-bond acceptors (Lipinski definition) is 4. The zero-order chi connectivity index (χ0) is 13.2. The second-order valence-corrected chi connectivity index (χ2v) is 6.68. The number of thiazole rings is 1. The number of hydrogen-bond donors (Lipinski definition) is 1. The lowest BCUT2D eigenvalue weighted by Gasteiger charge is -2.48. The lowest BCUT2D eigenvalue weighted by atomic mass is 9.70. The minimum atomic E-state index is 0.176. The molecule has 18 heavy (non-hydrogen) atoms. The van der Waals surface area contributed by atoms with Crippen molar-refractivity contribution in [2.75, 3.05) is 13.6 Å². The molecule has 0 amide bonds. The molecule has 2 N–H and O–H groups in total. The van der Waals surface area contributed by atoms with Crippen molar-refractivity contribution >= 4 is 11.3 Å². The van der Waals surface area contributed by atoms with E-state index >= 15 is 0 Å². The Hall–Kier alpha value is -0.450. The van der Waals surface area contributed by atoms with Crippen LogP contribution < -0.4 is 5.73 Å². The smallest absolute Gasteiger partial charge is 0.0795 e. The van der Waals surface area contributed by atoms with Crippen molar-refractivity contribution in [3.8, 4) is 0 Å². The molecule has 0 radical (unpaired) electrons. The van der Waals surface area contributed by atoms with Gasteiger partial charge in [0.05, 0.1) is 11.2 Å². The van der Waals surface area contributed by atoms with Crippen LogP contribution in [0.15, 0.2) is 10.9 Å². The number of aromatic nitrogens is 1. The maximum atomic E-state index is 6.12. The van der Waals surface area contributed by atoms with E-state index in [1.54, 1.807) is 11.3 Å². The van der Waals surface area contributed by atoms with E-state index in [0.717, 1.165) is 24.9 Å². The highest BCUT2D eigenvalue weighted by Gasteiger charge is 2.39. The Kier molecular flexibility index (Phi) is 4.41. The van der Waals surface area contributed by atoms with E-state index in [1.165, 1.54) is 25.0 Å². The molecule has 0 bridgehead atoms. The first-order valence-electron chi connectivity index (χ1n) is 6.86. The Morgan fingerprint density at radius 3 is 2.83 bits per heavy atom. The normalized spacial score (nSPS) is 32.9. The van der Waals surface area contributed by atoms with Crippen LogP contribution in [0.25, 0.3) is 0 Å². The predicted molar refractivity (Wildman–Crippen MR) is 77.5 cm³/mol. The van der Waals surface area contributed by atoms with Crippen LogP contribution in [0.4, 0.5) is 0 Å². The number of nitrogens with zero attached hydrogens (tertiary/aromatic N) is 2. The van der Waals surface area contributed by atoms with Gasteiger partial charge < -0.3 is 5.73 Å². The van der Waals surface area contributed by atoms with E-state index in [2.05, 4.69) is 36.2 Å². The zero-order valence-corrected chi connectivity index (χ0v) is 12.5. The highest BCUT2D eigenvalue weighted by Crippen LogP contribution is 2.39. The summed E-state index contributed by atoms with van der Waals surface area (Å²) in [5.41, 5.74) is 9.37. The molecule has 1 fully saturated rings. The third kappa shape index (κ3) is 2.76. The molecule has 0 aromatic carbocycles. The third-order valence-corrected chi connectivity index (χ3v) is 5.45. The SMILES string of the molecule is CC1CCC(CN)(N(C)Cc2cscn2)CC1C. The third-order valence-electron chi connectivity index (χ3n) is 4.81. The van der Waals surface area contributed by atoms with Gasteiger partial charge in [0.2, 0.25) is 0 Å². The van der Waals surface area contributed by atoms with E-state index in [9.17, 15) is 0 Å². The maximum absolute atomic E-state index is 6.12. The first kappa shape index (κ1) is 14.0. The molecule has 0 spiro atoms. The van der Waals surface area contributed by atoms with Gasteiger partial charge in [-0.05, 0) is 38.1 Å². The molecular weight excluding hydrogens is 242 g/mol. The highest BCUT2D eigenvalue weighted by atomic mass is 32.1. The standard InChI is InChI=1S/C14H25N3S/c1-11-4-5-14(9-15,6-12(11)2)17(3)7-13-8-18-10-16-13/h8,10-12H,4-7,9,15H2,1-3H3. The summed E-state index contributed by atoms with van der Waals surface area (Å²) in [4.78, 5) is 6.82. The van der Waals surface area contributed by atoms with Gasteiger partial charge in [0, 0.05) is 24.0 Å².